The summed E-state index contributed by atoms with van der Waals surface area (Å²) in [4.78, 5) is 16.5. The van der Waals surface area contributed by atoms with Gasteiger partial charge in [0.15, 0.2) is 0 Å². The number of hydrogen-bond donors (Lipinski definition) is 0. The van der Waals surface area contributed by atoms with Gasteiger partial charge in [-0.25, -0.2) is 0 Å². The van der Waals surface area contributed by atoms with Crippen LogP contribution in [0.1, 0.15) is 76.7 Å². The van der Waals surface area contributed by atoms with Crippen molar-refractivity contribution in [2.75, 3.05) is 13.2 Å². The van der Waals surface area contributed by atoms with Crippen molar-refractivity contribution >= 4 is 45.5 Å². The van der Waals surface area contributed by atoms with E-state index in [1.807, 2.05) is 18.2 Å². The smallest absolute Gasteiger partial charge is 0.305 e. The first-order valence-corrected chi connectivity index (χ1v) is 13.2. The van der Waals surface area contributed by atoms with Crippen molar-refractivity contribution < 1.29 is 9.53 Å². The van der Waals surface area contributed by atoms with Crippen LogP contribution >= 0.6 is 35.1 Å². The van der Waals surface area contributed by atoms with Gasteiger partial charge in [0.2, 0.25) is 0 Å². The molecule has 1 aromatic carbocycles. The lowest BCUT2D eigenvalue weighted by Gasteiger charge is -2.09. The summed E-state index contributed by atoms with van der Waals surface area (Å²) in [6.45, 7) is 3.44. The van der Waals surface area contributed by atoms with Crippen LogP contribution in [0.25, 0.3) is 0 Å². The standard InChI is InChI=1S/C23H34ClNO2S2/c1-2-3-4-5-6-7-8-9-10-14-22(26)27-17-21-16-25-23(29-21)28-18-19-12-11-13-20(24)15-19/h11-13,15,21H,2-10,14,16-18H2,1H3. The average Bonchev–Trinajstić information content (AvgIpc) is 3.17. The number of unbranched alkanes of at least 4 members (excludes halogenated alkanes) is 8. The quantitative estimate of drug-likeness (QED) is 0.215. The molecular formula is C23H34ClNO2S2. The molecule has 0 radical (unpaired) electrons. The van der Waals surface area contributed by atoms with Gasteiger partial charge in [-0.1, -0.05) is 106 Å². The van der Waals surface area contributed by atoms with Crippen molar-refractivity contribution in [3.05, 3.63) is 34.9 Å². The lowest BCUT2D eigenvalue weighted by Crippen LogP contribution is -2.16. The van der Waals surface area contributed by atoms with Crippen LogP contribution in [0, 0.1) is 0 Å². The Balaban J connectivity index is 1.46. The molecule has 6 heteroatoms. The Morgan fingerprint density at radius 2 is 1.90 bits per heavy atom. The molecular weight excluding hydrogens is 422 g/mol. The van der Waals surface area contributed by atoms with E-state index in [2.05, 4.69) is 18.0 Å². The minimum atomic E-state index is -0.0615. The highest BCUT2D eigenvalue weighted by Gasteiger charge is 2.21. The van der Waals surface area contributed by atoms with Crippen LogP contribution in [-0.2, 0) is 15.3 Å². The zero-order valence-electron chi connectivity index (χ0n) is 17.5. The molecule has 0 saturated heterocycles. The van der Waals surface area contributed by atoms with Gasteiger partial charge in [-0.15, -0.1) is 0 Å². The van der Waals surface area contributed by atoms with E-state index < -0.39 is 0 Å². The number of hydrogen-bond acceptors (Lipinski definition) is 5. The van der Waals surface area contributed by atoms with Crippen molar-refractivity contribution in [1.29, 1.82) is 0 Å². The van der Waals surface area contributed by atoms with Gasteiger partial charge in [0.25, 0.3) is 0 Å². The summed E-state index contributed by atoms with van der Waals surface area (Å²) in [5.74, 6) is 0.797. The molecule has 0 spiro atoms. The average molecular weight is 456 g/mol. The highest BCUT2D eigenvalue weighted by molar-refractivity contribution is 8.39. The summed E-state index contributed by atoms with van der Waals surface area (Å²) in [6, 6.07) is 7.92. The van der Waals surface area contributed by atoms with Gasteiger partial charge >= 0.3 is 5.97 Å². The first kappa shape index (κ1) is 24.6. The van der Waals surface area contributed by atoms with Gasteiger partial charge in [0.1, 0.15) is 11.0 Å². The molecule has 1 aliphatic heterocycles. The summed E-state index contributed by atoms with van der Waals surface area (Å²) in [6.07, 6.45) is 11.9. The molecule has 2 rings (SSSR count). The van der Waals surface area contributed by atoms with Crippen molar-refractivity contribution in [3.8, 4) is 0 Å². The molecule has 162 valence electrons. The number of halogens is 1. The minimum Gasteiger partial charge on any atom is -0.464 e. The van der Waals surface area contributed by atoms with E-state index in [-0.39, 0.29) is 11.2 Å². The van der Waals surface area contributed by atoms with Crippen LogP contribution in [0.3, 0.4) is 0 Å². The number of thioether (sulfide) groups is 2. The Morgan fingerprint density at radius 1 is 1.17 bits per heavy atom. The number of esters is 1. The zero-order chi connectivity index (χ0) is 20.7. The second kappa shape index (κ2) is 15.2. The molecule has 0 bridgehead atoms. The van der Waals surface area contributed by atoms with E-state index in [0.29, 0.717) is 13.0 Å². The van der Waals surface area contributed by atoms with Gasteiger partial charge in [0, 0.05) is 17.2 Å². The van der Waals surface area contributed by atoms with Crippen LogP contribution in [0.15, 0.2) is 29.3 Å². The number of rotatable bonds is 14. The van der Waals surface area contributed by atoms with Crippen LogP contribution in [0.5, 0.6) is 0 Å². The fourth-order valence-corrected chi connectivity index (χ4v) is 5.59. The third kappa shape index (κ3) is 11.4. The molecule has 0 amide bonds. The van der Waals surface area contributed by atoms with Crippen LogP contribution in [0.4, 0.5) is 0 Å². The maximum atomic E-state index is 11.9. The second-order valence-electron chi connectivity index (χ2n) is 7.53. The molecule has 1 atom stereocenters. The predicted octanol–water partition coefficient (Wildman–Crippen LogP) is 7.51. The molecule has 0 N–H and O–H groups in total. The molecule has 0 fully saturated rings. The van der Waals surface area contributed by atoms with Crippen molar-refractivity contribution in [1.82, 2.24) is 0 Å². The van der Waals surface area contributed by atoms with E-state index in [4.69, 9.17) is 16.3 Å². The van der Waals surface area contributed by atoms with E-state index in [0.717, 1.165) is 34.5 Å². The topological polar surface area (TPSA) is 38.7 Å². The van der Waals surface area contributed by atoms with Gasteiger partial charge in [0.05, 0.1) is 11.8 Å². The SMILES string of the molecule is CCCCCCCCCCCC(=O)OCC1CN=C(SCc2cccc(Cl)c2)S1. The zero-order valence-corrected chi connectivity index (χ0v) is 19.9. The highest BCUT2D eigenvalue weighted by Crippen LogP contribution is 2.30. The Bertz CT molecular complexity index is 639. The summed E-state index contributed by atoms with van der Waals surface area (Å²) in [5, 5.41) is 1.02. The number of nitrogens with zero attached hydrogens (tertiary/aromatic N) is 1. The largest absolute Gasteiger partial charge is 0.464 e. The lowest BCUT2D eigenvalue weighted by atomic mass is 10.1. The number of ether oxygens (including phenoxy) is 1. The fourth-order valence-electron chi connectivity index (χ4n) is 3.17. The molecule has 1 aliphatic rings. The Hall–Kier alpha value is -0.650. The van der Waals surface area contributed by atoms with Crippen LogP contribution in [0.2, 0.25) is 5.02 Å². The minimum absolute atomic E-state index is 0.0615. The normalized spacial score (nSPS) is 16.1. The van der Waals surface area contributed by atoms with Gasteiger partial charge in [-0.05, 0) is 24.1 Å². The summed E-state index contributed by atoms with van der Waals surface area (Å²) >= 11 is 9.47. The number of carbonyl (C=O) groups is 1. The van der Waals surface area contributed by atoms with Crippen LogP contribution in [-0.4, -0.2) is 28.7 Å². The number of benzene rings is 1. The van der Waals surface area contributed by atoms with E-state index in [1.165, 1.54) is 50.5 Å². The second-order valence-corrected chi connectivity index (χ2v) is 10.5. The van der Waals surface area contributed by atoms with Crippen molar-refractivity contribution in [2.24, 2.45) is 4.99 Å². The lowest BCUT2D eigenvalue weighted by molar-refractivity contribution is -0.143. The molecule has 29 heavy (non-hydrogen) atoms. The van der Waals surface area contributed by atoms with Gasteiger partial charge in [-0.3, -0.25) is 9.79 Å². The molecule has 1 unspecified atom stereocenters. The van der Waals surface area contributed by atoms with Gasteiger partial charge in [-0.2, -0.15) is 0 Å². The number of aliphatic imine (C=N–C) groups is 1. The first-order valence-electron chi connectivity index (χ1n) is 10.9. The van der Waals surface area contributed by atoms with E-state index >= 15 is 0 Å². The molecule has 0 aliphatic carbocycles. The Morgan fingerprint density at radius 3 is 2.62 bits per heavy atom. The van der Waals surface area contributed by atoms with Crippen molar-refractivity contribution in [2.45, 2.75) is 82.1 Å². The number of carbonyl (C=O) groups excluding carboxylic acids is 1. The molecule has 0 saturated carbocycles. The summed E-state index contributed by atoms with van der Waals surface area (Å²) in [5.41, 5.74) is 1.20. The Labute approximate surface area is 189 Å². The van der Waals surface area contributed by atoms with Crippen molar-refractivity contribution in [3.63, 3.8) is 0 Å². The Kier molecular flexibility index (Phi) is 12.9. The third-order valence-electron chi connectivity index (χ3n) is 4.86. The molecule has 3 nitrogen and oxygen atoms in total. The monoisotopic (exact) mass is 455 g/mol. The fraction of sp³-hybridized carbons (Fsp3) is 0.652. The summed E-state index contributed by atoms with van der Waals surface area (Å²) < 4.78 is 6.54. The van der Waals surface area contributed by atoms with Gasteiger partial charge < -0.3 is 4.74 Å². The maximum Gasteiger partial charge on any atom is 0.305 e. The maximum absolute atomic E-state index is 11.9. The van der Waals surface area contributed by atoms with Crippen LogP contribution < -0.4 is 0 Å². The predicted molar refractivity (Wildman–Crippen MR) is 129 cm³/mol. The van der Waals surface area contributed by atoms with E-state index in [9.17, 15) is 4.79 Å². The molecule has 1 aromatic rings. The third-order valence-corrected chi connectivity index (χ3v) is 7.54. The molecule has 0 aromatic heterocycles. The molecule has 1 heterocycles. The van der Waals surface area contributed by atoms with E-state index in [1.54, 1.807) is 23.5 Å². The highest BCUT2D eigenvalue weighted by atomic mass is 35.5. The first-order chi connectivity index (χ1) is 14.2. The summed E-state index contributed by atoms with van der Waals surface area (Å²) in [7, 11) is 0.